The van der Waals surface area contributed by atoms with Crippen LogP contribution in [0.1, 0.15) is 12.2 Å². The Labute approximate surface area is 147 Å². The van der Waals surface area contributed by atoms with Crippen LogP contribution >= 0.6 is 0 Å². The molecule has 1 aliphatic rings. The lowest BCUT2D eigenvalue weighted by Crippen LogP contribution is -2.53. The normalized spacial score (nSPS) is 16.7. The molecule has 0 aliphatic carbocycles. The molecule has 1 aliphatic heterocycles. The highest BCUT2D eigenvalue weighted by Gasteiger charge is 2.30. The Morgan fingerprint density at radius 2 is 1.88 bits per heavy atom. The maximum atomic E-state index is 12.4. The zero-order chi connectivity index (χ0) is 18.0. The molecule has 9 heteroatoms. The number of imidazole rings is 1. The number of para-hydroxylation sites is 2. The first-order valence-corrected chi connectivity index (χ1v) is 9.66. The SMILES string of the molecule is CN(C)S(=O)(=O)N1CCN(C(=O)CCc2nc3ccccc3[nH]2)CC1. The molecule has 0 spiro atoms. The molecule has 1 aromatic heterocycles. The van der Waals surface area contributed by atoms with Crippen molar-refractivity contribution in [3.8, 4) is 0 Å². The lowest BCUT2D eigenvalue weighted by molar-refractivity contribution is -0.132. The Hall–Kier alpha value is -1.97. The number of H-pyrrole nitrogens is 1. The monoisotopic (exact) mass is 365 g/mol. The zero-order valence-electron chi connectivity index (χ0n) is 14.5. The second kappa shape index (κ2) is 7.11. The van der Waals surface area contributed by atoms with Crippen molar-refractivity contribution in [2.45, 2.75) is 12.8 Å². The Balaban J connectivity index is 1.53. The highest BCUT2D eigenvalue weighted by atomic mass is 32.2. The van der Waals surface area contributed by atoms with Crippen molar-refractivity contribution in [1.82, 2.24) is 23.5 Å². The number of benzene rings is 1. The molecule has 0 atom stereocenters. The summed E-state index contributed by atoms with van der Waals surface area (Å²) in [5.74, 6) is 0.825. The van der Waals surface area contributed by atoms with E-state index in [4.69, 9.17) is 0 Å². The van der Waals surface area contributed by atoms with E-state index >= 15 is 0 Å². The molecule has 0 bridgehead atoms. The number of carbonyl (C=O) groups excluding carboxylic acids is 1. The average Bonchev–Trinajstić information content (AvgIpc) is 3.02. The van der Waals surface area contributed by atoms with Crippen molar-refractivity contribution in [1.29, 1.82) is 0 Å². The van der Waals surface area contributed by atoms with E-state index in [2.05, 4.69) is 9.97 Å². The Kier molecular flexibility index (Phi) is 5.07. The first-order valence-electron chi connectivity index (χ1n) is 8.27. The van der Waals surface area contributed by atoms with E-state index in [0.29, 0.717) is 39.0 Å². The molecule has 2 heterocycles. The summed E-state index contributed by atoms with van der Waals surface area (Å²) in [6, 6.07) is 7.76. The van der Waals surface area contributed by atoms with Gasteiger partial charge in [0.1, 0.15) is 5.82 Å². The summed E-state index contributed by atoms with van der Waals surface area (Å²) in [6.07, 6.45) is 0.907. The van der Waals surface area contributed by atoms with E-state index in [1.54, 1.807) is 4.90 Å². The summed E-state index contributed by atoms with van der Waals surface area (Å²) >= 11 is 0. The van der Waals surface area contributed by atoms with Gasteiger partial charge in [-0.1, -0.05) is 12.1 Å². The van der Waals surface area contributed by atoms with Crippen molar-refractivity contribution >= 4 is 27.1 Å². The minimum atomic E-state index is -3.41. The number of fused-ring (bicyclic) bond motifs is 1. The number of aromatic nitrogens is 2. The topological polar surface area (TPSA) is 89.6 Å². The fourth-order valence-electron chi connectivity index (χ4n) is 2.91. The van der Waals surface area contributed by atoms with Crippen molar-refractivity contribution < 1.29 is 13.2 Å². The Bertz CT molecular complexity index is 821. The van der Waals surface area contributed by atoms with Crippen LogP contribution in [0.15, 0.2) is 24.3 Å². The zero-order valence-corrected chi connectivity index (χ0v) is 15.3. The number of nitrogens with one attached hydrogen (secondary N) is 1. The van der Waals surface area contributed by atoms with Crippen LogP contribution in [-0.2, 0) is 21.4 Å². The smallest absolute Gasteiger partial charge is 0.281 e. The van der Waals surface area contributed by atoms with Crippen LogP contribution in [0.25, 0.3) is 11.0 Å². The maximum absolute atomic E-state index is 12.4. The van der Waals surface area contributed by atoms with Crippen LogP contribution in [0.5, 0.6) is 0 Å². The second-order valence-electron chi connectivity index (χ2n) is 6.27. The van der Waals surface area contributed by atoms with Gasteiger partial charge in [0.15, 0.2) is 0 Å². The molecule has 3 rings (SSSR count). The predicted molar refractivity (Wildman–Crippen MR) is 95.2 cm³/mol. The summed E-state index contributed by atoms with van der Waals surface area (Å²) in [4.78, 5) is 21.8. The van der Waals surface area contributed by atoms with Gasteiger partial charge in [0, 0.05) is 53.1 Å². The fraction of sp³-hybridized carbons (Fsp3) is 0.500. The van der Waals surface area contributed by atoms with Gasteiger partial charge >= 0.3 is 0 Å². The predicted octanol–water partition coefficient (Wildman–Crippen LogP) is 0.446. The number of nitrogens with zero attached hydrogens (tertiary/aromatic N) is 4. The van der Waals surface area contributed by atoms with Gasteiger partial charge in [-0.2, -0.15) is 17.0 Å². The number of aryl methyl sites for hydroxylation is 1. The number of rotatable bonds is 5. The average molecular weight is 365 g/mol. The van der Waals surface area contributed by atoms with E-state index in [-0.39, 0.29) is 5.91 Å². The summed E-state index contributed by atoms with van der Waals surface area (Å²) in [6.45, 7) is 1.51. The van der Waals surface area contributed by atoms with Gasteiger partial charge in [-0.3, -0.25) is 4.79 Å². The molecule has 1 amide bonds. The minimum absolute atomic E-state index is 0.0300. The van der Waals surface area contributed by atoms with Crippen molar-refractivity contribution in [2.75, 3.05) is 40.3 Å². The first-order chi connectivity index (χ1) is 11.9. The second-order valence-corrected chi connectivity index (χ2v) is 8.41. The number of hydrogen-bond acceptors (Lipinski definition) is 4. The third kappa shape index (κ3) is 3.83. The Morgan fingerprint density at radius 3 is 2.52 bits per heavy atom. The molecule has 0 saturated carbocycles. The number of amides is 1. The van der Waals surface area contributed by atoms with E-state index in [1.165, 1.54) is 22.7 Å². The third-order valence-corrected chi connectivity index (χ3v) is 6.33. The van der Waals surface area contributed by atoms with Gasteiger partial charge in [0.25, 0.3) is 10.2 Å². The molecule has 8 nitrogen and oxygen atoms in total. The van der Waals surface area contributed by atoms with Gasteiger partial charge in [0.05, 0.1) is 11.0 Å². The molecule has 25 heavy (non-hydrogen) atoms. The lowest BCUT2D eigenvalue weighted by atomic mass is 10.2. The molecule has 136 valence electrons. The van der Waals surface area contributed by atoms with Gasteiger partial charge < -0.3 is 9.88 Å². The molecule has 1 N–H and O–H groups in total. The van der Waals surface area contributed by atoms with Crippen molar-refractivity contribution in [3.63, 3.8) is 0 Å². The molecule has 1 saturated heterocycles. The molecule has 0 unspecified atom stereocenters. The number of carbonyl (C=O) groups is 1. The largest absolute Gasteiger partial charge is 0.342 e. The third-order valence-electron chi connectivity index (χ3n) is 4.39. The molecule has 0 radical (unpaired) electrons. The highest BCUT2D eigenvalue weighted by molar-refractivity contribution is 7.86. The van der Waals surface area contributed by atoms with Crippen molar-refractivity contribution in [2.24, 2.45) is 0 Å². The highest BCUT2D eigenvalue weighted by Crippen LogP contribution is 2.13. The summed E-state index contributed by atoms with van der Waals surface area (Å²) in [5.41, 5.74) is 1.86. The Morgan fingerprint density at radius 1 is 1.20 bits per heavy atom. The molecular formula is C16H23N5O3S. The van der Waals surface area contributed by atoms with Crippen LogP contribution in [0, 0.1) is 0 Å². The number of hydrogen-bond donors (Lipinski definition) is 1. The van der Waals surface area contributed by atoms with Crippen LogP contribution in [0.2, 0.25) is 0 Å². The van der Waals surface area contributed by atoms with E-state index in [1.807, 2.05) is 24.3 Å². The first kappa shape index (κ1) is 17.8. The van der Waals surface area contributed by atoms with Crippen molar-refractivity contribution in [3.05, 3.63) is 30.1 Å². The van der Waals surface area contributed by atoms with Crippen LogP contribution in [-0.4, -0.2) is 78.1 Å². The fourth-order valence-corrected chi connectivity index (χ4v) is 3.99. The van der Waals surface area contributed by atoms with E-state index < -0.39 is 10.2 Å². The molecule has 1 fully saturated rings. The van der Waals surface area contributed by atoms with Crippen LogP contribution in [0.4, 0.5) is 0 Å². The molecule has 1 aromatic carbocycles. The van der Waals surface area contributed by atoms with Gasteiger partial charge in [0.2, 0.25) is 5.91 Å². The minimum Gasteiger partial charge on any atom is -0.342 e. The summed E-state index contributed by atoms with van der Waals surface area (Å²) in [7, 11) is -0.377. The summed E-state index contributed by atoms with van der Waals surface area (Å²) < 4.78 is 26.8. The maximum Gasteiger partial charge on any atom is 0.281 e. The summed E-state index contributed by atoms with van der Waals surface area (Å²) in [5, 5.41) is 0. The standard InChI is InChI=1S/C16H23N5O3S/c1-19(2)25(23,24)21-11-9-20(10-12-21)16(22)8-7-15-17-13-5-3-4-6-14(13)18-15/h3-6H,7-12H2,1-2H3,(H,17,18). The van der Waals surface area contributed by atoms with Crippen LogP contribution < -0.4 is 0 Å². The quantitative estimate of drug-likeness (QED) is 0.833. The van der Waals surface area contributed by atoms with Gasteiger partial charge in [-0.25, -0.2) is 4.98 Å². The molecule has 2 aromatic rings. The molecular weight excluding hydrogens is 342 g/mol. The van der Waals surface area contributed by atoms with Crippen LogP contribution in [0.3, 0.4) is 0 Å². The van der Waals surface area contributed by atoms with Gasteiger partial charge in [-0.15, -0.1) is 0 Å². The van der Waals surface area contributed by atoms with E-state index in [0.717, 1.165) is 16.9 Å². The number of aromatic amines is 1. The van der Waals surface area contributed by atoms with Gasteiger partial charge in [-0.05, 0) is 12.1 Å². The number of piperazine rings is 1. The lowest BCUT2D eigenvalue weighted by Gasteiger charge is -2.35. The van der Waals surface area contributed by atoms with E-state index in [9.17, 15) is 13.2 Å².